The van der Waals surface area contributed by atoms with Crippen LogP contribution in [-0.4, -0.2) is 63.9 Å². The average Bonchev–Trinajstić information content (AvgIpc) is 3.32. The number of urea groups is 1. The van der Waals surface area contributed by atoms with Gasteiger partial charge in [0.15, 0.2) is 0 Å². The number of nitrogens with one attached hydrogen (secondary N) is 2. The minimum atomic E-state index is -1.89. The number of carbonyl (C=O) groups is 2. The number of aliphatic hydroxyl groups is 2. The molecule has 11 nitrogen and oxygen atoms in total. The number of nitrogens with zero attached hydrogens (tertiary/aromatic N) is 2. The number of ether oxygens (including phenoxy) is 2. The van der Waals surface area contributed by atoms with Crippen LogP contribution in [0.15, 0.2) is 41.4 Å². The van der Waals surface area contributed by atoms with Crippen LogP contribution in [0.5, 0.6) is 5.75 Å². The van der Waals surface area contributed by atoms with Gasteiger partial charge in [-0.3, -0.25) is 10.1 Å². The van der Waals surface area contributed by atoms with E-state index in [0.717, 1.165) is 15.7 Å². The molecule has 11 heteroatoms. The number of rotatable bonds is 2. The minimum absolute atomic E-state index is 0.00791. The molecule has 4 heterocycles. The van der Waals surface area contributed by atoms with E-state index in [-0.39, 0.29) is 12.4 Å². The van der Waals surface area contributed by atoms with E-state index in [4.69, 9.17) is 15.2 Å². The maximum absolute atomic E-state index is 13.5. The topological polar surface area (TPSA) is 159 Å². The molecule has 0 saturated carbocycles. The van der Waals surface area contributed by atoms with Crippen LogP contribution in [0.1, 0.15) is 12.0 Å². The predicted molar refractivity (Wildman–Crippen MR) is 105 cm³/mol. The first-order valence-electron chi connectivity index (χ1n) is 9.85. The van der Waals surface area contributed by atoms with Crippen molar-refractivity contribution in [1.29, 1.82) is 0 Å². The summed E-state index contributed by atoms with van der Waals surface area (Å²) in [7, 11) is 0. The van der Waals surface area contributed by atoms with Gasteiger partial charge in [0.2, 0.25) is 11.5 Å². The molecule has 2 fully saturated rings. The van der Waals surface area contributed by atoms with E-state index in [1.807, 2.05) is 30.3 Å². The maximum Gasteiger partial charge on any atom is 0.328 e. The molecule has 6 N–H and O–H groups in total. The zero-order chi connectivity index (χ0) is 21.5. The molecule has 0 aromatic heterocycles. The molecule has 4 aliphatic rings. The Morgan fingerprint density at radius 2 is 2.06 bits per heavy atom. The molecular weight excluding hydrogens is 406 g/mol. The smallest absolute Gasteiger partial charge is 0.328 e. The lowest BCUT2D eigenvalue weighted by Crippen LogP contribution is -2.70. The van der Waals surface area contributed by atoms with Crippen molar-refractivity contribution < 1.29 is 29.3 Å². The molecule has 31 heavy (non-hydrogen) atoms. The number of amides is 3. The number of hydrogen-bond acceptors (Lipinski definition) is 8. The number of fused-ring (bicyclic) bond motifs is 3. The molecular formula is C20H19N5O6. The number of nitrogens with two attached hydrogens (primary N) is 1. The van der Waals surface area contributed by atoms with Crippen LogP contribution in [0.2, 0.25) is 0 Å². The Bertz CT molecular complexity index is 1190. The lowest BCUT2D eigenvalue weighted by atomic mass is 9.82. The maximum atomic E-state index is 13.5. The fourth-order valence-corrected chi connectivity index (χ4v) is 5.09. The van der Waals surface area contributed by atoms with Crippen molar-refractivity contribution >= 4 is 28.7 Å². The van der Waals surface area contributed by atoms with Crippen LogP contribution in [0.4, 0.5) is 4.79 Å². The van der Waals surface area contributed by atoms with Gasteiger partial charge in [0.25, 0.3) is 5.91 Å². The first-order chi connectivity index (χ1) is 14.9. The Morgan fingerprint density at radius 3 is 2.84 bits per heavy atom. The fraction of sp³-hybridized carbons (Fsp3) is 0.350. The van der Waals surface area contributed by atoms with E-state index in [0.29, 0.717) is 11.3 Å². The number of carbonyl (C=O) groups excluding carboxylic acids is 2. The zero-order valence-electron chi connectivity index (χ0n) is 16.1. The number of aliphatic hydroxyl groups excluding tert-OH is 2. The third-order valence-corrected chi connectivity index (χ3v) is 6.37. The third kappa shape index (κ3) is 2.05. The van der Waals surface area contributed by atoms with E-state index in [9.17, 15) is 19.8 Å². The predicted octanol–water partition coefficient (Wildman–Crippen LogP) is -0.981. The lowest BCUT2D eigenvalue weighted by Gasteiger charge is -2.41. The van der Waals surface area contributed by atoms with Crippen molar-refractivity contribution in [3.05, 3.63) is 42.0 Å². The standard InChI is InChI=1S/C20H19N5O6/c21-17-22-16(28)19-15-10-4-2-1-3-9(10)5-6-12(15)31-20(19,23-17)25(18(29)24-19)14-7-11(27)13(8-26)30-14/h1-6,11,13-14,26-27H,7-8H2,(H,24,29)(H3,21,22,23,28)/t11-,13+,14+,19-,20-/m0/s1. The quantitative estimate of drug-likeness (QED) is 0.414. The molecule has 0 radical (unpaired) electrons. The Labute approximate surface area is 175 Å². The van der Waals surface area contributed by atoms with Crippen LogP contribution in [0, 0.1) is 0 Å². The molecule has 2 aromatic carbocycles. The summed E-state index contributed by atoms with van der Waals surface area (Å²) in [6.45, 7) is -0.428. The normalized spacial score (nSPS) is 35.7. The van der Waals surface area contributed by atoms with Crippen molar-refractivity contribution in [2.24, 2.45) is 10.7 Å². The molecule has 0 spiro atoms. The molecule has 5 atom stereocenters. The number of hydrogen-bond donors (Lipinski definition) is 5. The van der Waals surface area contributed by atoms with Crippen LogP contribution >= 0.6 is 0 Å². The molecule has 0 bridgehead atoms. The van der Waals surface area contributed by atoms with Crippen LogP contribution < -0.4 is 21.1 Å². The summed E-state index contributed by atoms with van der Waals surface area (Å²) >= 11 is 0. The average molecular weight is 425 g/mol. The SMILES string of the molecule is NC1=N[C@@]23Oc4ccc5ccccc5c4[C@]2(NC(=O)N3[C@H]2C[C@H](O)[C@@H](CO)O2)C(=O)N1. The molecule has 160 valence electrons. The van der Waals surface area contributed by atoms with E-state index in [1.165, 1.54) is 0 Å². The van der Waals surface area contributed by atoms with Crippen molar-refractivity contribution in [1.82, 2.24) is 15.5 Å². The van der Waals surface area contributed by atoms with Crippen molar-refractivity contribution in [3.63, 3.8) is 0 Å². The summed E-state index contributed by atoms with van der Waals surface area (Å²) in [4.78, 5) is 32.3. The summed E-state index contributed by atoms with van der Waals surface area (Å²) in [6.07, 6.45) is -2.88. The summed E-state index contributed by atoms with van der Waals surface area (Å²) < 4.78 is 12.0. The van der Waals surface area contributed by atoms with Gasteiger partial charge in [0, 0.05) is 12.0 Å². The van der Waals surface area contributed by atoms with E-state index >= 15 is 0 Å². The Hall–Kier alpha value is -3.41. The summed E-state index contributed by atoms with van der Waals surface area (Å²) in [6, 6.07) is 10.3. The lowest BCUT2D eigenvalue weighted by molar-refractivity contribution is -0.163. The Kier molecular flexibility index (Phi) is 3.46. The van der Waals surface area contributed by atoms with Gasteiger partial charge >= 0.3 is 11.9 Å². The highest BCUT2D eigenvalue weighted by Gasteiger charge is 2.78. The van der Waals surface area contributed by atoms with Crippen molar-refractivity contribution in [2.75, 3.05) is 6.61 Å². The number of aliphatic imine (C=N–C) groups is 1. The largest absolute Gasteiger partial charge is 0.445 e. The molecule has 0 unspecified atom stereocenters. The number of guanidine groups is 1. The Morgan fingerprint density at radius 1 is 1.26 bits per heavy atom. The summed E-state index contributed by atoms with van der Waals surface area (Å²) in [5, 5.41) is 26.6. The highest BCUT2D eigenvalue weighted by Crippen LogP contribution is 2.57. The van der Waals surface area contributed by atoms with Gasteiger partial charge in [0.1, 0.15) is 18.1 Å². The molecule has 0 aliphatic carbocycles. The fourth-order valence-electron chi connectivity index (χ4n) is 5.09. The van der Waals surface area contributed by atoms with Gasteiger partial charge in [-0.25, -0.2) is 9.69 Å². The Balaban J connectivity index is 1.61. The first-order valence-corrected chi connectivity index (χ1v) is 9.85. The van der Waals surface area contributed by atoms with Gasteiger partial charge in [-0.1, -0.05) is 30.3 Å². The van der Waals surface area contributed by atoms with Crippen molar-refractivity contribution in [3.8, 4) is 5.75 Å². The second-order valence-corrected chi connectivity index (χ2v) is 7.99. The van der Waals surface area contributed by atoms with Crippen LogP contribution in [0.3, 0.4) is 0 Å². The zero-order valence-corrected chi connectivity index (χ0v) is 16.1. The van der Waals surface area contributed by atoms with Crippen molar-refractivity contribution in [2.45, 2.75) is 36.2 Å². The summed E-state index contributed by atoms with van der Waals surface area (Å²) in [5.74, 6) is -2.33. The highest BCUT2D eigenvalue weighted by molar-refractivity contribution is 6.11. The molecule has 6 rings (SSSR count). The summed E-state index contributed by atoms with van der Waals surface area (Å²) in [5.41, 5.74) is 4.64. The van der Waals surface area contributed by atoms with Gasteiger partial charge < -0.3 is 30.7 Å². The van der Waals surface area contributed by atoms with Gasteiger partial charge in [-0.15, -0.1) is 0 Å². The first kappa shape index (κ1) is 18.4. The minimum Gasteiger partial charge on any atom is -0.445 e. The number of benzene rings is 2. The second-order valence-electron chi connectivity index (χ2n) is 7.99. The van der Waals surface area contributed by atoms with E-state index in [2.05, 4.69) is 15.6 Å². The second kappa shape index (κ2) is 5.84. The van der Waals surface area contributed by atoms with Gasteiger partial charge in [-0.05, 0) is 16.8 Å². The molecule has 2 aromatic rings. The highest BCUT2D eigenvalue weighted by atomic mass is 16.6. The molecule has 2 saturated heterocycles. The van der Waals surface area contributed by atoms with Crippen LogP contribution in [0.25, 0.3) is 10.8 Å². The van der Waals surface area contributed by atoms with Gasteiger partial charge in [-0.2, -0.15) is 4.99 Å². The van der Waals surface area contributed by atoms with E-state index in [1.54, 1.807) is 6.07 Å². The molecule has 4 aliphatic heterocycles. The van der Waals surface area contributed by atoms with Gasteiger partial charge in [0.05, 0.1) is 12.7 Å². The van der Waals surface area contributed by atoms with E-state index < -0.39 is 48.4 Å². The monoisotopic (exact) mass is 425 g/mol. The van der Waals surface area contributed by atoms with Crippen LogP contribution in [-0.2, 0) is 15.1 Å². The third-order valence-electron chi connectivity index (χ3n) is 6.37. The molecule has 3 amide bonds.